The molecular weight excluding hydrogens is 205 g/mol. The number of nitrogens with zero attached hydrogens (tertiary/aromatic N) is 1. The van der Waals surface area contributed by atoms with E-state index in [2.05, 4.69) is 15.5 Å². The third-order valence-corrected chi connectivity index (χ3v) is 2.45. The number of nitrogens with one attached hydrogen (secondary N) is 2. The first-order valence-electron chi connectivity index (χ1n) is 5.16. The van der Waals surface area contributed by atoms with Crippen molar-refractivity contribution in [3.05, 3.63) is 41.3 Å². The second-order valence-corrected chi connectivity index (χ2v) is 3.77. The molecule has 2 aromatic rings. The summed E-state index contributed by atoms with van der Waals surface area (Å²) in [6.07, 6.45) is 0. The number of halogens is 1. The topological polar surface area (TPSA) is 40.7 Å². The van der Waals surface area contributed by atoms with Crippen LogP contribution in [0.25, 0.3) is 11.3 Å². The summed E-state index contributed by atoms with van der Waals surface area (Å²) in [6.45, 7) is 2.49. The first-order chi connectivity index (χ1) is 7.70. The third kappa shape index (κ3) is 2.12. The Kier molecular flexibility index (Phi) is 3.01. The second kappa shape index (κ2) is 4.45. The summed E-state index contributed by atoms with van der Waals surface area (Å²) in [4.78, 5) is 0. The Bertz CT molecular complexity index is 491. The van der Waals surface area contributed by atoms with E-state index < -0.39 is 0 Å². The zero-order valence-electron chi connectivity index (χ0n) is 9.34. The highest BCUT2D eigenvalue weighted by Crippen LogP contribution is 2.20. The summed E-state index contributed by atoms with van der Waals surface area (Å²) in [5.74, 6) is -0.185. The summed E-state index contributed by atoms with van der Waals surface area (Å²) in [6, 6.07) is 6.97. The highest BCUT2D eigenvalue weighted by molar-refractivity contribution is 5.60. The average molecular weight is 219 g/mol. The van der Waals surface area contributed by atoms with E-state index in [1.165, 1.54) is 6.07 Å². The fourth-order valence-corrected chi connectivity index (χ4v) is 1.59. The summed E-state index contributed by atoms with van der Waals surface area (Å²) in [7, 11) is 1.88. The van der Waals surface area contributed by atoms with Crippen LogP contribution in [0.1, 0.15) is 11.3 Å². The van der Waals surface area contributed by atoms with Crippen molar-refractivity contribution in [2.75, 3.05) is 7.05 Å². The molecule has 0 radical (unpaired) electrons. The Hall–Kier alpha value is -1.68. The lowest BCUT2D eigenvalue weighted by Gasteiger charge is -1.99. The van der Waals surface area contributed by atoms with Gasteiger partial charge in [0.05, 0.1) is 5.69 Å². The second-order valence-electron chi connectivity index (χ2n) is 3.77. The number of aromatic amines is 1. The predicted octanol–water partition coefficient (Wildman–Crippen LogP) is 2.24. The molecule has 0 bridgehead atoms. The number of rotatable bonds is 3. The monoisotopic (exact) mass is 219 g/mol. The van der Waals surface area contributed by atoms with Gasteiger partial charge in [-0.05, 0) is 43.8 Å². The molecular formula is C12H14FN3. The van der Waals surface area contributed by atoms with Gasteiger partial charge in [0, 0.05) is 17.8 Å². The molecule has 0 atom stereocenters. The van der Waals surface area contributed by atoms with Gasteiger partial charge in [0.15, 0.2) is 0 Å². The molecule has 1 aromatic carbocycles. The van der Waals surface area contributed by atoms with E-state index in [4.69, 9.17) is 0 Å². The number of hydrogen-bond acceptors (Lipinski definition) is 2. The Morgan fingerprint density at radius 2 is 2.19 bits per heavy atom. The van der Waals surface area contributed by atoms with E-state index in [0.29, 0.717) is 5.56 Å². The van der Waals surface area contributed by atoms with Gasteiger partial charge in [-0.2, -0.15) is 5.10 Å². The van der Waals surface area contributed by atoms with Gasteiger partial charge < -0.3 is 5.32 Å². The predicted molar refractivity (Wildman–Crippen MR) is 61.5 cm³/mol. The van der Waals surface area contributed by atoms with Gasteiger partial charge >= 0.3 is 0 Å². The van der Waals surface area contributed by atoms with Crippen LogP contribution >= 0.6 is 0 Å². The minimum Gasteiger partial charge on any atom is -0.314 e. The molecule has 0 spiro atoms. The zero-order valence-corrected chi connectivity index (χ0v) is 9.34. The van der Waals surface area contributed by atoms with Crippen LogP contribution < -0.4 is 5.32 Å². The molecule has 0 aliphatic heterocycles. The molecule has 0 unspecified atom stereocenters. The first kappa shape index (κ1) is 10.8. The molecule has 0 saturated heterocycles. The summed E-state index contributed by atoms with van der Waals surface area (Å²) >= 11 is 0. The van der Waals surface area contributed by atoms with Crippen molar-refractivity contribution < 1.29 is 4.39 Å². The number of H-pyrrole nitrogens is 1. The molecule has 0 saturated carbocycles. The van der Waals surface area contributed by atoms with Gasteiger partial charge in [0.2, 0.25) is 0 Å². The molecule has 0 aliphatic carbocycles. The van der Waals surface area contributed by atoms with E-state index >= 15 is 0 Å². The molecule has 0 amide bonds. The van der Waals surface area contributed by atoms with Gasteiger partial charge in [0.1, 0.15) is 5.82 Å². The van der Waals surface area contributed by atoms with E-state index in [9.17, 15) is 4.39 Å². The fourth-order valence-electron chi connectivity index (χ4n) is 1.59. The third-order valence-electron chi connectivity index (χ3n) is 2.45. The SMILES string of the molecule is CNCc1cc(-c2ccc(F)c(C)c2)n[nH]1. The van der Waals surface area contributed by atoms with Crippen LogP contribution in [0.2, 0.25) is 0 Å². The van der Waals surface area contributed by atoms with E-state index in [1.54, 1.807) is 19.1 Å². The summed E-state index contributed by atoms with van der Waals surface area (Å²) in [5.41, 5.74) is 3.42. The number of hydrogen-bond donors (Lipinski definition) is 2. The van der Waals surface area contributed by atoms with Gasteiger partial charge in [0.25, 0.3) is 0 Å². The van der Waals surface area contributed by atoms with Crippen LogP contribution in [-0.2, 0) is 6.54 Å². The Morgan fingerprint density at radius 1 is 1.38 bits per heavy atom. The molecule has 1 aromatic heterocycles. The largest absolute Gasteiger partial charge is 0.314 e. The normalized spacial score (nSPS) is 10.7. The number of aryl methyl sites for hydroxylation is 1. The molecule has 4 heteroatoms. The van der Waals surface area contributed by atoms with Crippen LogP contribution in [0.3, 0.4) is 0 Å². The lowest BCUT2D eigenvalue weighted by atomic mass is 10.1. The molecule has 0 fully saturated rings. The van der Waals surface area contributed by atoms with Crippen molar-refractivity contribution in [3.8, 4) is 11.3 Å². The minimum absolute atomic E-state index is 0.185. The summed E-state index contributed by atoms with van der Waals surface area (Å²) < 4.78 is 13.1. The Morgan fingerprint density at radius 3 is 2.88 bits per heavy atom. The Balaban J connectivity index is 2.31. The number of aromatic nitrogens is 2. The molecule has 0 aliphatic rings. The Labute approximate surface area is 93.7 Å². The quantitative estimate of drug-likeness (QED) is 0.831. The van der Waals surface area contributed by atoms with Gasteiger partial charge in [-0.3, -0.25) is 5.10 Å². The lowest BCUT2D eigenvalue weighted by Crippen LogP contribution is -2.04. The van der Waals surface area contributed by atoms with Gasteiger partial charge in [-0.25, -0.2) is 4.39 Å². The maximum Gasteiger partial charge on any atom is 0.126 e. The number of benzene rings is 1. The lowest BCUT2D eigenvalue weighted by molar-refractivity contribution is 0.619. The van der Waals surface area contributed by atoms with E-state index in [1.807, 2.05) is 13.1 Å². The van der Waals surface area contributed by atoms with Crippen LogP contribution in [0, 0.1) is 12.7 Å². The van der Waals surface area contributed by atoms with Crippen molar-refractivity contribution in [3.63, 3.8) is 0 Å². The minimum atomic E-state index is -0.185. The van der Waals surface area contributed by atoms with E-state index in [-0.39, 0.29) is 5.82 Å². The van der Waals surface area contributed by atoms with Crippen molar-refractivity contribution in [2.24, 2.45) is 0 Å². The van der Waals surface area contributed by atoms with Crippen LogP contribution in [0.4, 0.5) is 4.39 Å². The fraction of sp³-hybridized carbons (Fsp3) is 0.250. The van der Waals surface area contributed by atoms with Crippen molar-refractivity contribution in [2.45, 2.75) is 13.5 Å². The zero-order chi connectivity index (χ0) is 11.5. The smallest absolute Gasteiger partial charge is 0.126 e. The van der Waals surface area contributed by atoms with Crippen molar-refractivity contribution in [1.82, 2.24) is 15.5 Å². The standard InChI is InChI=1S/C12H14FN3/c1-8-5-9(3-4-11(8)13)12-6-10(7-14-2)15-16-12/h3-6,14H,7H2,1-2H3,(H,15,16). The highest BCUT2D eigenvalue weighted by atomic mass is 19.1. The van der Waals surface area contributed by atoms with Crippen molar-refractivity contribution in [1.29, 1.82) is 0 Å². The van der Waals surface area contributed by atoms with Gasteiger partial charge in [-0.15, -0.1) is 0 Å². The van der Waals surface area contributed by atoms with Crippen LogP contribution in [-0.4, -0.2) is 17.2 Å². The molecule has 16 heavy (non-hydrogen) atoms. The van der Waals surface area contributed by atoms with E-state index in [0.717, 1.165) is 23.5 Å². The van der Waals surface area contributed by atoms with Crippen LogP contribution in [0.5, 0.6) is 0 Å². The maximum atomic E-state index is 13.1. The summed E-state index contributed by atoms with van der Waals surface area (Å²) in [5, 5.41) is 10.2. The first-order valence-corrected chi connectivity index (χ1v) is 5.16. The average Bonchev–Trinajstić information content (AvgIpc) is 2.71. The molecule has 1 heterocycles. The maximum absolute atomic E-state index is 13.1. The highest BCUT2D eigenvalue weighted by Gasteiger charge is 2.05. The molecule has 3 nitrogen and oxygen atoms in total. The molecule has 2 N–H and O–H groups in total. The van der Waals surface area contributed by atoms with Crippen molar-refractivity contribution >= 4 is 0 Å². The molecule has 84 valence electrons. The van der Waals surface area contributed by atoms with Gasteiger partial charge in [-0.1, -0.05) is 0 Å². The van der Waals surface area contributed by atoms with Crippen LogP contribution in [0.15, 0.2) is 24.3 Å². The molecule has 2 rings (SSSR count).